The third-order valence-electron chi connectivity index (χ3n) is 1.81. The topological polar surface area (TPSA) is 29.1 Å². The molecule has 1 unspecified atom stereocenters. The van der Waals surface area contributed by atoms with Crippen LogP contribution < -0.4 is 5.32 Å². The maximum absolute atomic E-state index is 10.8. The number of hydrogen-bond donors (Lipinski definition) is 1. The molecule has 14 heavy (non-hydrogen) atoms. The first kappa shape index (κ1) is 12.7. The Morgan fingerprint density at radius 3 is 2.64 bits per heavy atom. The first-order chi connectivity index (χ1) is 6.60. The van der Waals surface area contributed by atoms with Crippen molar-refractivity contribution in [1.82, 2.24) is 5.32 Å². The SMILES string of the molecule is C=C/C=C\C(=C/C)CC(C)NC(C)=O. The van der Waals surface area contributed by atoms with E-state index in [4.69, 9.17) is 0 Å². The van der Waals surface area contributed by atoms with Crippen LogP contribution in [0.3, 0.4) is 0 Å². The Labute approximate surface area is 86.4 Å². The van der Waals surface area contributed by atoms with Gasteiger partial charge in [-0.15, -0.1) is 0 Å². The van der Waals surface area contributed by atoms with Crippen LogP contribution in [-0.4, -0.2) is 11.9 Å². The third kappa shape index (κ3) is 6.23. The van der Waals surface area contributed by atoms with E-state index in [-0.39, 0.29) is 11.9 Å². The molecule has 0 rings (SSSR count). The summed E-state index contributed by atoms with van der Waals surface area (Å²) in [7, 11) is 0. The molecule has 1 atom stereocenters. The summed E-state index contributed by atoms with van der Waals surface area (Å²) in [4.78, 5) is 10.8. The van der Waals surface area contributed by atoms with Crippen LogP contribution in [0, 0.1) is 0 Å². The second kappa shape index (κ2) is 7.13. The lowest BCUT2D eigenvalue weighted by Gasteiger charge is -2.12. The highest BCUT2D eigenvalue weighted by atomic mass is 16.1. The van der Waals surface area contributed by atoms with Gasteiger partial charge in [0.1, 0.15) is 0 Å². The largest absolute Gasteiger partial charge is 0.354 e. The molecule has 0 saturated carbocycles. The quantitative estimate of drug-likeness (QED) is 0.668. The highest BCUT2D eigenvalue weighted by Gasteiger charge is 2.03. The van der Waals surface area contributed by atoms with Gasteiger partial charge in [-0.25, -0.2) is 0 Å². The average Bonchev–Trinajstić information content (AvgIpc) is 2.10. The number of nitrogens with one attached hydrogen (secondary N) is 1. The van der Waals surface area contributed by atoms with Crippen molar-refractivity contribution in [3.05, 3.63) is 36.5 Å². The fourth-order valence-electron chi connectivity index (χ4n) is 1.23. The van der Waals surface area contributed by atoms with Gasteiger partial charge in [0.25, 0.3) is 0 Å². The van der Waals surface area contributed by atoms with Crippen LogP contribution in [0.25, 0.3) is 0 Å². The first-order valence-corrected chi connectivity index (χ1v) is 4.81. The van der Waals surface area contributed by atoms with Crippen LogP contribution >= 0.6 is 0 Å². The van der Waals surface area contributed by atoms with Crippen molar-refractivity contribution >= 4 is 5.91 Å². The van der Waals surface area contributed by atoms with Crippen LogP contribution in [-0.2, 0) is 4.79 Å². The van der Waals surface area contributed by atoms with E-state index >= 15 is 0 Å². The van der Waals surface area contributed by atoms with Gasteiger partial charge in [-0.2, -0.15) is 0 Å². The van der Waals surface area contributed by atoms with Gasteiger partial charge in [-0.1, -0.05) is 36.5 Å². The summed E-state index contributed by atoms with van der Waals surface area (Å²) in [5, 5.41) is 2.84. The second-order valence-electron chi connectivity index (χ2n) is 3.26. The number of hydrogen-bond acceptors (Lipinski definition) is 1. The Balaban J connectivity index is 4.12. The van der Waals surface area contributed by atoms with E-state index in [1.165, 1.54) is 12.5 Å². The van der Waals surface area contributed by atoms with Crippen LogP contribution in [0.1, 0.15) is 27.2 Å². The van der Waals surface area contributed by atoms with Crippen LogP contribution in [0.2, 0.25) is 0 Å². The fraction of sp³-hybridized carbons (Fsp3) is 0.417. The molecule has 0 aliphatic heterocycles. The van der Waals surface area contributed by atoms with Gasteiger partial charge in [0.15, 0.2) is 0 Å². The maximum Gasteiger partial charge on any atom is 0.217 e. The van der Waals surface area contributed by atoms with Gasteiger partial charge in [0.05, 0.1) is 0 Å². The summed E-state index contributed by atoms with van der Waals surface area (Å²) < 4.78 is 0. The van der Waals surface area contributed by atoms with Crippen molar-refractivity contribution in [3.8, 4) is 0 Å². The van der Waals surface area contributed by atoms with Crippen LogP contribution in [0.4, 0.5) is 0 Å². The normalized spacial score (nSPS) is 14.1. The van der Waals surface area contributed by atoms with Crippen molar-refractivity contribution < 1.29 is 4.79 Å². The highest BCUT2D eigenvalue weighted by Crippen LogP contribution is 2.07. The van der Waals surface area contributed by atoms with Crippen molar-refractivity contribution in [2.75, 3.05) is 0 Å². The van der Waals surface area contributed by atoms with E-state index in [0.29, 0.717) is 0 Å². The zero-order chi connectivity index (χ0) is 11.0. The van der Waals surface area contributed by atoms with E-state index in [1.54, 1.807) is 6.08 Å². The van der Waals surface area contributed by atoms with Crippen molar-refractivity contribution in [2.45, 2.75) is 33.2 Å². The zero-order valence-electron chi connectivity index (χ0n) is 9.21. The first-order valence-electron chi connectivity index (χ1n) is 4.81. The standard InChI is InChI=1S/C12H19NO/c1-5-7-8-12(6-2)9-10(3)13-11(4)14/h5-8,10H,1,9H2,2-4H3,(H,13,14)/b8-7-,12-6+. The summed E-state index contributed by atoms with van der Waals surface area (Å²) in [5.41, 5.74) is 1.20. The highest BCUT2D eigenvalue weighted by molar-refractivity contribution is 5.73. The molecule has 0 saturated heterocycles. The molecule has 2 nitrogen and oxygen atoms in total. The van der Waals surface area contributed by atoms with Crippen molar-refractivity contribution in [2.24, 2.45) is 0 Å². The number of allylic oxidation sites excluding steroid dienone is 4. The molecule has 0 spiro atoms. The Morgan fingerprint density at radius 2 is 2.21 bits per heavy atom. The number of rotatable bonds is 5. The average molecular weight is 193 g/mol. The Kier molecular flexibility index (Phi) is 6.46. The lowest BCUT2D eigenvalue weighted by molar-refractivity contribution is -0.119. The summed E-state index contributed by atoms with van der Waals surface area (Å²) in [5.74, 6) is 0.0145. The van der Waals surface area contributed by atoms with Gasteiger partial charge < -0.3 is 5.32 Å². The van der Waals surface area contributed by atoms with E-state index < -0.39 is 0 Å². The van der Waals surface area contributed by atoms with E-state index in [2.05, 4.69) is 11.9 Å². The molecule has 0 radical (unpaired) electrons. The van der Waals surface area contributed by atoms with Gasteiger partial charge in [0.2, 0.25) is 5.91 Å². The second-order valence-corrected chi connectivity index (χ2v) is 3.26. The van der Waals surface area contributed by atoms with Gasteiger partial charge >= 0.3 is 0 Å². The molecule has 0 aromatic heterocycles. The van der Waals surface area contributed by atoms with Crippen LogP contribution in [0.5, 0.6) is 0 Å². The monoisotopic (exact) mass is 193 g/mol. The maximum atomic E-state index is 10.8. The summed E-state index contributed by atoms with van der Waals surface area (Å²) in [6, 6.07) is 0.174. The molecule has 0 fully saturated rings. The van der Waals surface area contributed by atoms with Gasteiger partial charge in [-0.05, 0) is 20.3 Å². The van der Waals surface area contributed by atoms with Crippen LogP contribution in [0.15, 0.2) is 36.5 Å². The van der Waals surface area contributed by atoms with E-state index in [0.717, 1.165) is 6.42 Å². The minimum atomic E-state index is 0.0145. The molecular formula is C12H19NO. The molecule has 1 N–H and O–H groups in total. The number of amides is 1. The Bertz CT molecular complexity index is 251. The summed E-state index contributed by atoms with van der Waals surface area (Å²) in [6.45, 7) is 9.13. The van der Waals surface area contributed by atoms with Gasteiger partial charge in [0, 0.05) is 13.0 Å². The van der Waals surface area contributed by atoms with E-state index in [1.807, 2.05) is 32.1 Å². The Morgan fingerprint density at radius 1 is 1.57 bits per heavy atom. The molecule has 0 heterocycles. The van der Waals surface area contributed by atoms with E-state index in [9.17, 15) is 4.79 Å². The lowest BCUT2D eigenvalue weighted by Crippen LogP contribution is -2.30. The zero-order valence-corrected chi connectivity index (χ0v) is 9.21. The summed E-state index contributed by atoms with van der Waals surface area (Å²) >= 11 is 0. The third-order valence-corrected chi connectivity index (χ3v) is 1.81. The molecule has 0 bridgehead atoms. The van der Waals surface area contributed by atoms with Crippen molar-refractivity contribution in [3.63, 3.8) is 0 Å². The molecule has 0 aromatic carbocycles. The molecule has 78 valence electrons. The van der Waals surface area contributed by atoms with Gasteiger partial charge in [-0.3, -0.25) is 4.79 Å². The minimum absolute atomic E-state index is 0.0145. The molecule has 1 amide bonds. The molecule has 0 aliphatic carbocycles. The summed E-state index contributed by atoms with van der Waals surface area (Å²) in [6.07, 6.45) is 8.53. The molecule has 2 heteroatoms. The predicted molar refractivity (Wildman–Crippen MR) is 61.0 cm³/mol. The lowest BCUT2D eigenvalue weighted by atomic mass is 10.1. The Hall–Kier alpha value is -1.31. The smallest absolute Gasteiger partial charge is 0.217 e. The molecular weight excluding hydrogens is 174 g/mol. The minimum Gasteiger partial charge on any atom is -0.354 e. The fourth-order valence-corrected chi connectivity index (χ4v) is 1.23. The molecule has 0 aromatic rings. The number of carbonyl (C=O) groups is 1. The molecule has 0 aliphatic rings. The predicted octanol–water partition coefficient (Wildman–Crippen LogP) is 2.59. The van der Waals surface area contributed by atoms with Crippen molar-refractivity contribution in [1.29, 1.82) is 0 Å². The number of carbonyl (C=O) groups excluding carboxylic acids is 1.